The van der Waals surface area contributed by atoms with E-state index in [-0.39, 0.29) is 0 Å². The molecule has 72 valence electrons. The highest BCUT2D eigenvalue weighted by Gasteiger charge is 2.13. The normalized spacial score (nSPS) is 12.7. The van der Waals surface area contributed by atoms with E-state index < -0.39 is 6.10 Å². The second-order valence-electron chi connectivity index (χ2n) is 2.82. The third-order valence-electron chi connectivity index (χ3n) is 1.91. The molecule has 0 spiro atoms. The van der Waals surface area contributed by atoms with Crippen LogP contribution in [0.1, 0.15) is 16.5 Å². The predicted octanol–water partition coefficient (Wildman–Crippen LogP) is 2.88. The number of rotatable bonds is 2. The van der Waals surface area contributed by atoms with Crippen LogP contribution < -0.4 is 0 Å². The second-order valence-corrected chi connectivity index (χ2v) is 4.20. The number of aromatic nitrogens is 1. The molecule has 2 heterocycles. The number of halogens is 1. The summed E-state index contributed by atoms with van der Waals surface area (Å²) in [7, 11) is 0. The molecule has 1 N–H and O–H groups in total. The first-order valence-corrected chi connectivity index (χ1v) is 5.35. The van der Waals surface area contributed by atoms with Crippen molar-refractivity contribution in [1.82, 2.24) is 4.98 Å². The van der Waals surface area contributed by atoms with Gasteiger partial charge in [-0.05, 0) is 17.5 Å². The number of nitrogens with zero attached hydrogens (tertiary/aromatic N) is 1. The Balaban J connectivity index is 2.37. The Labute approximate surface area is 90.8 Å². The van der Waals surface area contributed by atoms with Crippen LogP contribution in [0.3, 0.4) is 0 Å². The van der Waals surface area contributed by atoms with Crippen molar-refractivity contribution in [2.45, 2.75) is 6.10 Å². The van der Waals surface area contributed by atoms with Gasteiger partial charge in [0.1, 0.15) is 6.10 Å². The number of hydrogen-bond acceptors (Lipinski definition) is 3. The van der Waals surface area contributed by atoms with E-state index in [1.807, 2.05) is 17.5 Å². The molecule has 0 radical (unpaired) electrons. The summed E-state index contributed by atoms with van der Waals surface area (Å²) in [5.41, 5.74) is 0.698. The lowest BCUT2D eigenvalue weighted by Crippen LogP contribution is -1.97. The number of hydrogen-bond donors (Lipinski definition) is 1. The molecule has 0 fully saturated rings. The fourth-order valence-corrected chi connectivity index (χ4v) is 2.16. The summed E-state index contributed by atoms with van der Waals surface area (Å²) in [6.07, 6.45) is 2.51. The van der Waals surface area contributed by atoms with Crippen LogP contribution >= 0.6 is 22.9 Å². The van der Waals surface area contributed by atoms with Crippen LogP contribution in [0.2, 0.25) is 5.02 Å². The van der Waals surface area contributed by atoms with Gasteiger partial charge in [-0.25, -0.2) is 0 Å². The molecular weight excluding hydrogens is 218 g/mol. The standard InChI is InChI=1S/C10H8ClNOS/c11-8-6-12-4-3-7(8)10(13)9-2-1-5-14-9/h1-6,10,13H. The van der Waals surface area contributed by atoms with Gasteiger partial charge in [0, 0.05) is 22.8 Å². The molecule has 1 unspecified atom stereocenters. The first-order chi connectivity index (χ1) is 6.79. The fourth-order valence-electron chi connectivity index (χ4n) is 1.21. The van der Waals surface area contributed by atoms with Crippen LogP contribution in [0, 0.1) is 0 Å². The quantitative estimate of drug-likeness (QED) is 0.853. The highest BCUT2D eigenvalue weighted by Crippen LogP contribution is 2.29. The van der Waals surface area contributed by atoms with E-state index in [1.165, 1.54) is 17.5 Å². The summed E-state index contributed by atoms with van der Waals surface area (Å²) in [5, 5.41) is 12.4. The maximum absolute atomic E-state index is 9.96. The van der Waals surface area contributed by atoms with E-state index in [2.05, 4.69) is 4.98 Å². The number of aliphatic hydroxyl groups is 1. The zero-order chi connectivity index (χ0) is 9.97. The van der Waals surface area contributed by atoms with Crippen molar-refractivity contribution in [2.24, 2.45) is 0 Å². The lowest BCUT2D eigenvalue weighted by atomic mass is 10.1. The van der Waals surface area contributed by atoms with Gasteiger partial charge in [-0.2, -0.15) is 0 Å². The van der Waals surface area contributed by atoms with E-state index in [1.54, 1.807) is 12.3 Å². The Hall–Kier alpha value is -0.900. The minimum Gasteiger partial charge on any atom is -0.383 e. The molecule has 0 bridgehead atoms. The molecule has 2 aromatic heterocycles. The minimum absolute atomic E-state index is 0.494. The van der Waals surface area contributed by atoms with Crippen LogP contribution in [0.25, 0.3) is 0 Å². The summed E-state index contributed by atoms with van der Waals surface area (Å²) in [6, 6.07) is 5.51. The van der Waals surface area contributed by atoms with E-state index in [0.717, 1.165) is 4.88 Å². The van der Waals surface area contributed by atoms with Crippen molar-refractivity contribution >= 4 is 22.9 Å². The Morgan fingerprint density at radius 3 is 2.93 bits per heavy atom. The molecule has 0 saturated heterocycles. The van der Waals surface area contributed by atoms with Crippen LogP contribution in [-0.4, -0.2) is 10.1 Å². The topological polar surface area (TPSA) is 33.1 Å². The average Bonchev–Trinajstić information content (AvgIpc) is 2.70. The summed E-state index contributed by atoms with van der Waals surface area (Å²) < 4.78 is 0. The van der Waals surface area contributed by atoms with Crippen molar-refractivity contribution in [3.8, 4) is 0 Å². The van der Waals surface area contributed by atoms with Crippen LogP contribution in [0.5, 0.6) is 0 Å². The lowest BCUT2D eigenvalue weighted by molar-refractivity contribution is 0.224. The SMILES string of the molecule is OC(c1cccs1)c1ccncc1Cl. The minimum atomic E-state index is -0.648. The molecular formula is C10H8ClNOS. The molecule has 2 rings (SSSR count). The van der Waals surface area contributed by atoms with Gasteiger partial charge in [0.25, 0.3) is 0 Å². The van der Waals surface area contributed by atoms with Crippen molar-refractivity contribution in [3.63, 3.8) is 0 Å². The monoisotopic (exact) mass is 225 g/mol. The van der Waals surface area contributed by atoms with Gasteiger partial charge in [0.05, 0.1) is 5.02 Å². The molecule has 0 saturated carbocycles. The molecule has 2 aromatic rings. The van der Waals surface area contributed by atoms with E-state index >= 15 is 0 Å². The smallest absolute Gasteiger partial charge is 0.115 e. The first-order valence-electron chi connectivity index (χ1n) is 4.10. The van der Waals surface area contributed by atoms with Crippen LogP contribution in [0.15, 0.2) is 36.0 Å². The van der Waals surface area contributed by atoms with Gasteiger partial charge in [-0.3, -0.25) is 4.98 Å². The van der Waals surface area contributed by atoms with Gasteiger partial charge >= 0.3 is 0 Å². The van der Waals surface area contributed by atoms with E-state index in [4.69, 9.17) is 11.6 Å². The fraction of sp³-hybridized carbons (Fsp3) is 0.100. The van der Waals surface area contributed by atoms with Gasteiger partial charge < -0.3 is 5.11 Å². The molecule has 14 heavy (non-hydrogen) atoms. The van der Waals surface area contributed by atoms with Gasteiger partial charge in [0.15, 0.2) is 0 Å². The summed E-state index contributed by atoms with van der Waals surface area (Å²) in [6.45, 7) is 0. The lowest BCUT2D eigenvalue weighted by Gasteiger charge is -2.09. The Morgan fingerprint density at radius 1 is 1.43 bits per heavy atom. The molecule has 1 atom stereocenters. The summed E-state index contributed by atoms with van der Waals surface area (Å²) >= 11 is 7.42. The maximum atomic E-state index is 9.96. The van der Waals surface area contributed by atoms with Crippen molar-refractivity contribution in [1.29, 1.82) is 0 Å². The molecule has 0 aromatic carbocycles. The highest BCUT2D eigenvalue weighted by atomic mass is 35.5. The number of aliphatic hydroxyl groups excluding tert-OH is 1. The largest absolute Gasteiger partial charge is 0.383 e. The Morgan fingerprint density at radius 2 is 2.29 bits per heavy atom. The molecule has 2 nitrogen and oxygen atoms in total. The van der Waals surface area contributed by atoms with Crippen LogP contribution in [-0.2, 0) is 0 Å². The first kappa shape index (κ1) is 9.65. The molecule has 0 aliphatic rings. The van der Waals surface area contributed by atoms with Gasteiger partial charge in [-0.1, -0.05) is 17.7 Å². The summed E-state index contributed by atoms with van der Waals surface area (Å²) in [5.74, 6) is 0. The third kappa shape index (κ3) is 1.80. The van der Waals surface area contributed by atoms with E-state index in [0.29, 0.717) is 10.6 Å². The number of thiophene rings is 1. The van der Waals surface area contributed by atoms with Crippen LogP contribution in [0.4, 0.5) is 0 Å². The zero-order valence-electron chi connectivity index (χ0n) is 7.22. The number of pyridine rings is 1. The van der Waals surface area contributed by atoms with Gasteiger partial charge in [-0.15, -0.1) is 11.3 Å². The molecule has 0 amide bonds. The van der Waals surface area contributed by atoms with Crippen molar-refractivity contribution in [2.75, 3.05) is 0 Å². The second kappa shape index (κ2) is 4.09. The van der Waals surface area contributed by atoms with Crippen molar-refractivity contribution < 1.29 is 5.11 Å². The Bertz CT molecular complexity index is 416. The average molecular weight is 226 g/mol. The Kier molecular flexibility index (Phi) is 2.82. The maximum Gasteiger partial charge on any atom is 0.115 e. The molecule has 0 aliphatic carbocycles. The third-order valence-corrected chi connectivity index (χ3v) is 3.15. The zero-order valence-corrected chi connectivity index (χ0v) is 8.79. The predicted molar refractivity (Wildman–Crippen MR) is 57.6 cm³/mol. The van der Waals surface area contributed by atoms with Gasteiger partial charge in [0.2, 0.25) is 0 Å². The molecule has 0 aliphatic heterocycles. The molecule has 4 heteroatoms. The summed E-state index contributed by atoms with van der Waals surface area (Å²) in [4.78, 5) is 4.76. The van der Waals surface area contributed by atoms with E-state index in [9.17, 15) is 5.11 Å². The highest BCUT2D eigenvalue weighted by molar-refractivity contribution is 7.10. The van der Waals surface area contributed by atoms with Crippen molar-refractivity contribution in [3.05, 3.63) is 51.4 Å².